The minimum atomic E-state index is -0.543. The summed E-state index contributed by atoms with van der Waals surface area (Å²) in [5, 5.41) is 11.4. The zero-order valence-electron chi connectivity index (χ0n) is 8.08. The molecule has 1 aromatic rings. The maximum atomic E-state index is 11.0. The lowest BCUT2D eigenvalue weighted by Crippen LogP contribution is -2.13. The van der Waals surface area contributed by atoms with Crippen molar-refractivity contribution in [1.29, 1.82) is 5.26 Å². The molecule has 0 heterocycles. The van der Waals surface area contributed by atoms with Crippen molar-refractivity contribution < 1.29 is 9.53 Å². The number of nitriles is 1. The van der Waals surface area contributed by atoms with Gasteiger partial charge >= 0.3 is 6.09 Å². The third kappa shape index (κ3) is 3.15. The SMILES string of the molecule is CCOC(=O)Nc1ccc(C#N)c(Cl)c1. The Morgan fingerprint density at radius 2 is 2.40 bits per heavy atom. The van der Waals surface area contributed by atoms with Crippen molar-refractivity contribution in [2.45, 2.75) is 6.92 Å². The summed E-state index contributed by atoms with van der Waals surface area (Å²) in [7, 11) is 0. The van der Waals surface area contributed by atoms with Crippen LogP contribution in [0.1, 0.15) is 12.5 Å². The zero-order chi connectivity index (χ0) is 11.3. The van der Waals surface area contributed by atoms with Crippen LogP contribution >= 0.6 is 11.6 Å². The van der Waals surface area contributed by atoms with Gasteiger partial charge in [0.1, 0.15) is 6.07 Å². The van der Waals surface area contributed by atoms with Crippen LogP contribution < -0.4 is 5.32 Å². The number of benzene rings is 1. The highest BCUT2D eigenvalue weighted by molar-refractivity contribution is 6.32. The van der Waals surface area contributed by atoms with Gasteiger partial charge in [0.05, 0.1) is 17.2 Å². The Hall–Kier alpha value is -1.73. The minimum Gasteiger partial charge on any atom is -0.450 e. The fourth-order valence-corrected chi connectivity index (χ4v) is 1.19. The first-order chi connectivity index (χ1) is 7.17. The Morgan fingerprint density at radius 3 is 2.93 bits per heavy atom. The zero-order valence-corrected chi connectivity index (χ0v) is 8.84. The second kappa shape index (κ2) is 5.23. The van der Waals surface area contributed by atoms with Crippen LogP contribution in [0.4, 0.5) is 10.5 Å². The van der Waals surface area contributed by atoms with E-state index in [1.54, 1.807) is 13.0 Å². The van der Waals surface area contributed by atoms with E-state index in [-0.39, 0.29) is 0 Å². The molecule has 0 saturated heterocycles. The number of nitrogens with one attached hydrogen (secondary N) is 1. The number of amides is 1. The topological polar surface area (TPSA) is 62.1 Å². The van der Waals surface area contributed by atoms with Crippen molar-refractivity contribution in [2.24, 2.45) is 0 Å². The molecule has 1 aromatic carbocycles. The Balaban J connectivity index is 2.76. The van der Waals surface area contributed by atoms with E-state index in [0.717, 1.165) is 0 Å². The largest absolute Gasteiger partial charge is 0.450 e. The number of halogens is 1. The molecule has 0 radical (unpaired) electrons. The maximum absolute atomic E-state index is 11.0. The molecule has 0 unspecified atom stereocenters. The van der Waals surface area contributed by atoms with Crippen LogP contribution in [0.25, 0.3) is 0 Å². The lowest BCUT2D eigenvalue weighted by molar-refractivity contribution is 0.168. The minimum absolute atomic E-state index is 0.298. The highest BCUT2D eigenvalue weighted by atomic mass is 35.5. The van der Waals surface area contributed by atoms with Gasteiger partial charge in [0.15, 0.2) is 0 Å². The number of carbonyl (C=O) groups is 1. The van der Waals surface area contributed by atoms with Crippen molar-refractivity contribution in [1.82, 2.24) is 0 Å². The van der Waals surface area contributed by atoms with E-state index in [9.17, 15) is 4.79 Å². The van der Waals surface area contributed by atoms with E-state index >= 15 is 0 Å². The summed E-state index contributed by atoms with van der Waals surface area (Å²) in [5.41, 5.74) is 0.864. The van der Waals surface area contributed by atoms with Gasteiger partial charge in [-0.2, -0.15) is 5.26 Å². The van der Waals surface area contributed by atoms with Gasteiger partial charge in [0.25, 0.3) is 0 Å². The molecule has 0 spiro atoms. The second-order valence-corrected chi connectivity index (χ2v) is 3.06. The third-order valence-corrected chi connectivity index (χ3v) is 1.92. The molecule has 0 aliphatic carbocycles. The Kier molecular flexibility index (Phi) is 3.95. The molecule has 1 rings (SSSR count). The van der Waals surface area contributed by atoms with Crippen molar-refractivity contribution >= 4 is 23.4 Å². The van der Waals surface area contributed by atoms with Crippen LogP contribution in [-0.4, -0.2) is 12.7 Å². The lowest BCUT2D eigenvalue weighted by atomic mass is 10.2. The predicted molar refractivity (Wildman–Crippen MR) is 56.8 cm³/mol. The normalized spacial score (nSPS) is 9.13. The smallest absolute Gasteiger partial charge is 0.411 e. The van der Waals surface area contributed by atoms with Crippen LogP contribution in [0.2, 0.25) is 5.02 Å². The molecule has 0 saturated carbocycles. The van der Waals surface area contributed by atoms with E-state index in [0.29, 0.717) is 22.9 Å². The molecule has 0 aliphatic rings. The van der Waals surface area contributed by atoms with Crippen LogP contribution in [-0.2, 0) is 4.74 Å². The fraction of sp³-hybridized carbons (Fsp3) is 0.200. The first-order valence-corrected chi connectivity index (χ1v) is 4.68. The molecule has 0 bridgehead atoms. The number of hydrogen-bond donors (Lipinski definition) is 1. The van der Waals surface area contributed by atoms with E-state index < -0.39 is 6.09 Å². The number of hydrogen-bond acceptors (Lipinski definition) is 3. The van der Waals surface area contributed by atoms with Crippen LogP contribution in [0, 0.1) is 11.3 Å². The first-order valence-electron chi connectivity index (χ1n) is 4.30. The monoisotopic (exact) mass is 224 g/mol. The Labute approximate surface area is 92.4 Å². The van der Waals surface area contributed by atoms with Crippen LogP contribution in [0.5, 0.6) is 0 Å². The maximum Gasteiger partial charge on any atom is 0.411 e. The second-order valence-electron chi connectivity index (χ2n) is 2.65. The summed E-state index contributed by atoms with van der Waals surface area (Å²) in [6.45, 7) is 2.02. The van der Waals surface area contributed by atoms with Gasteiger partial charge in [-0.05, 0) is 25.1 Å². The van der Waals surface area contributed by atoms with Gasteiger partial charge in [-0.1, -0.05) is 11.6 Å². The summed E-state index contributed by atoms with van der Waals surface area (Å²) in [6.07, 6.45) is -0.543. The average molecular weight is 225 g/mol. The number of ether oxygens (including phenoxy) is 1. The van der Waals surface area contributed by atoms with E-state index in [2.05, 4.69) is 10.1 Å². The number of carbonyl (C=O) groups excluding carboxylic acids is 1. The Morgan fingerprint density at radius 1 is 1.67 bits per heavy atom. The Bertz CT molecular complexity index is 412. The van der Waals surface area contributed by atoms with Gasteiger partial charge in [-0.3, -0.25) is 5.32 Å². The summed E-state index contributed by atoms with van der Waals surface area (Å²) in [4.78, 5) is 11.0. The van der Waals surface area contributed by atoms with Gasteiger partial charge in [-0.15, -0.1) is 0 Å². The molecule has 1 N–H and O–H groups in total. The molecule has 4 nitrogen and oxygen atoms in total. The van der Waals surface area contributed by atoms with E-state index in [4.69, 9.17) is 16.9 Å². The molecular formula is C10H9ClN2O2. The highest BCUT2D eigenvalue weighted by Crippen LogP contribution is 2.20. The predicted octanol–water partition coefficient (Wildman–Crippen LogP) is 2.78. The number of rotatable bonds is 2. The molecule has 1 amide bonds. The lowest BCUT2D eigenvalue weighted by Gasteiger charge is -2.05. The summed E-state index contributed by atoms with van der Waals surface area (Å²) in [6, 6.07) is 6.54. The molecular weight excluding hydrogens is 216 g/mol. The molecule has 78 valence electrons. The van der Waals surface area contributed by atoms with Crippen molar-refractivity contribution in [2.75, 3.05) is 11.9 Å². The number of nitrogens with zero attached hydrogens (tertiary/aromatic N) is 1. The van der Waals surface area contributed by atoms with Crippen molar-refractivity contribution in [3.05, 3.63) is 28.8 Å². The third-order valence-electron chi connectivity index (χ3n) is 1.61. The van der Waals surface area contributed by atoms with Crippen LogP contribution in [0.3, 0.4) is 0 Å². The molecule has 5 heteroatoms. The molecule has 0 aliphatic heterocycles. The van der Waals surface area contributed by atoms with Crippen molar-refractivity contribution in [3.8, 4) is 6.07 Å². The molecule has 0 aromatic heterocycles. The fourth-order valence-electron chi connectivity index (χ4n) is 0.969. The highest BCUT2D eigenvalue weighted by Gasteiger charge is 2.04. The van der Waals surface area contributed by atoms with Gasteiger partial charge in [0.2, 0.25) is 0 Å². The van der Waals surface area contributed by atoms with Gasteiger partial charge < -0.3 is 4.74 Å². The standard InChI is InChI=1S/C10H9ClN2O2/c1-2-15-10(14)13-8-4-3-7(6-12)9(11)5-8/h3-5H,2H2,1H3,(H,13,14). The summed E-state index contributed by atoms with van der Waals surface area (Å²) >= 11 is 5.78. The van der Waals surface area contributed by atoms with Crippen LogP contribution in [0.15, 0.2) is 18.2 Å². The van der Waals surface area contributed by atoms with Gasteiger partial charge in [0, 0.05) is 5.69 Å². The molecule has 0 atom stereocenters. The molecule has 0 fully saturated rings. The number of anilines is 1. The van der Waals surface area contributed by atoms with E-state index in [1.165, 1.54) is 12.1 Å². The average Bonchev–Trinajstić information content (AvgIpc) is 2.18. The van der Waals surface area contributed by atoms with Gasteiger partial charge in [-0.25, -0.2) is 4.79 Å². The molecule has 15 heavy (non-hydrogen) atoms. The summed E-state index contributed by atoms with van der Waals surface area (Å²) < 4.78 is 4.68. The summed E-state index contributed by atoms with van der Waals surface area (Å²) in [5.74, 6) is 0. The van der Waals surface area contributed by atoms with Crippen molar-refractivity contribution in [3.63, 3.8) is 0 Å². The first kappa shape index (κ1) is 11.3. The quantitative estimate of drug-likeness (QED) is 0.840. The van der Waals surface area contributed by atoms with E-state index in [1.807, 2.05) is 6.07 Å².